The number of nitrogens with one attached hydrogen (secondary N) is 1. The second-order valence-corrected chi connectivity index (χ2v) is 5.83. The fraction of sp³-hybridized carbons (Fsp3) is 0.625. The lowest BCUT2D eigenvalue weighted by molar-refractivity contribution is 0.0616. The minimum absolute atomic E-state index is 0.353. The third kappa shape index (κ3) is 2.20. The number of ether oxygens (including phenoxy) is 1. The van der Waals surface area contributed by atoms with Gasteiger partial charge in [-0.3, -0.25) is 4.90 Å². The van der Waals surface area contributed by atoms with Gasteiger partial charge in [0.15, 0.2) is 0 Å². The van der Waals surface area contributed by atoms with Crippen molar-refractivity contribution in [1.29, 1.82) is 0 Å². The molecule has 0 radical (unpaired) electrons. The van der Waals surface area contributed by atoms with Crippen molar-refractivity contribution in [3.63, 3.8) is 0 Å². The summed E-state index contributed by atoms with van der Waals surface area (Å²) < 4.78 is 5.73. The number of hydrogen-bond acceptors (Lipinski definition) is 3. The summed E-state index contributed by atoms with van der Waals surface area (Å²) in [5.74, 6) is 0. The fourth-order valence-corrected chi connectivity index (χ4v) is 3.80. The maximum atomic E-state index is 5.73. The molecule has 3 nitrogen and oxygen atoms in total. The van der Waals surface area contributed by atoms with E-state index < -0.39 is 0 Å². The Bertz CT molecular complexity index is 448. The molecule has 19 heavy (non-hydrogen) atoms. The largest absolute Gasteiger partial charge is 0.377 e. The first kappa shape index (κ1) is 13.1. The van der Waals surface area contributed by atoms with Crippen LogP contribution in [0.4, 0.5) is 0 Å². The monoisotopic (exact) mass is 260 g/mol. The van der Waals surface area contributed by atoms with Gasteiger partial charge in [0, 0.05) is 24.7 Å². The van der Waals surface area contributed by atoms with Gasteiger partial charge in [-0.2, -0.15) is 0 Å². The highest BCUT2D eigenvalue weighted by Gasteiger charge is 2.39. The van der Waals surface area contributed by atoms with Crippen LogP contribution in [0, 0.1) is 0 Å². The van der Waals surface area contributed by atoms with Crippen LogP contribution in [0.15, 0.2) is 24.3 Å². The van der Waals surface area contributed by atoms with Crippen LogP contribution in [0.5, 0.6) is 0 Å². The van der Waals surface area contributed by atoms with Crippen molar-refractivity contribution in [2.24, 2.45) is 0 Å². The Kier molecular flexibility index (Phi) is 3.61. The molecule has 4 atom stereocenters. The zero-order valence-corrected chi connectivity index (χ0v) is 12.1. The normalized spacial score (nSPS) is 33.9. The van der Waals surface area contributed by atoms with Crippen LogP contribution < -0.4 is 5.32 Å². The molecule has 0 amide bonds. The van der Waals surface area contributed by atoms with Gasteiger partial charge >= 0.3 is 0 Å². The summed E-state index contributed by atoms with van der Waals surface area (Å²) in [6.45, 7) is 3.10. The highest BCUT2D eigenvalue weighted by atomic mass is 16.5. The molecule has 2 aliphatic rings. The Hall–Kier alpha value is -0.900. The van der Waals surface area contributed by atoms with E-state index in [9.17, 15) is 0 Å². The molecule has 1 aromatic rings. The van der Waals surface area contributed by atoms with E-state index in [0.29, 0.717) is 24.2 Å². The predicted octanol–water partition coefficient (Wildman–Crippen LogP) is 1.98. The lowest BCUT2D eigenvalue weighted by Gasteiger charge is -2.35. The van der Waals surface area contributed by atoms with Gasteiger partial charge in [-0.25, -0.2) is 0 Å². The first-order valence-electron chi connectivity index (χ1n) is 7.31. The van der Waals surface area contributed by atoms with Crippen LogP contribution in [0.3, 0.4) is 0 Å². The standard InChI is InChI=1S/C16H24N2O/c1-11-14(8-9-19-11)18(3)15-10-12-6-4-5-7-13(12)16(15)17-2/h4-7,11,14-17H,8-10H2,1-3H3. The van der Waals surface area contributed by atoms with Gasteiger partial charge in [0.1, 0.15) is 0 Å². The third-order valence-corrected chi connectivity index (χ3v) is 4.90. The van der Waals surface area contributed by atoms with Crippen LogP contribution >= 0.6 is 0 Å². The molecule has 0 bridgehead atoms. The first-order valence-corrected chi connectivity index (χ1v) is 7.31. The van der Waals surface area contributed by atoms with Gasteiger partial charge in [0.05, 0.1) is 6.10 Å². The number of likely N-dealkylation sites (N-methyl/N-ethyl adjacent to an activating group) is 2. The molecule has 4 unspecified atom stereocenters. The molecule has 0 aromatic heterocycles. The van der Waals surface area contributed by atoms with Crippen molar-refractivity contribution in [1.82, 2.24) is 10.2 Å². The van der Waals surface area contributed by atoms with Crippen molar-refractivity contribution < 1.29 is 4.74 Å². The number of rotatable bonds is 3. The highest BCUT2D eigenvalue weighted by molar-refractivity contribution is 5.37. The fourth-order valence-electron chi connectivity index (χ4n) is 3.80. The lowest BCUT2D eigenvalue weighted by Crippen LogP contribution is -2.47. The SMILES string of the molecule is CNC1c2ccccc2CC1N(C)C1CCOC1C. The summed E-state index contributed by atoms with van der Waals surface area (Å²) in [4.78, 5) is 2.54. The lowest BCUT2D eigenvalue weighted by atomic mass is 10.0. The van der Waals surface area contributed by atoms with E-state index in [1.165, 1.54) is 11.1 Å². The zero-order valence-electron chi connectivity index (χ0n) is 12.1. The van der Waals surface area contributed by atoms with Gasteiger partial charge in [0.2, 0.25) is 0 Å². The van der Waals surface area contributed by atoms with E-state index in [2.05, 4.69) is 55.5 Å². The topological polar surface area (TPSA) is 24.5 Å². The number of fused-ring (bicyclic) bond motifs is 1. The molecule has 3 heteroatoms. The predicted molar refractivity (Wildman–Crippen MR) is 77.3 cm³/mol. The Morgan fingerprint density at radius 3 is 2.74 bits per heavy atom. The molecule has 1 aliphatic heterocycles. The highest BCUT2D eigenvalue weighted by Crippen LogP contribution is 2.36. The molecule has 1 N–H and O–H groups in total. The molecular formula is C16H24N2O. The van der Waals surface area contributed by atoms with Gasteiger partial charge in [0.25, 0.3) is 0 Å². The maximum absolute atomic E-state index is 5.73. The van der Waals surface area contributed by atoms with Crippen molar-refractivity contribution in [2.45, 2.75) is 44.0 Å². The maximum Gasteiger partial charge on any atom is 0.0703 e. The molecule has 1 aromatic carbocycles. The Labute approximate surface area is 115 Å². The van der Waals surface area contributed by atoms with E-state index in [-0.39, 0.29) is 0 Å². The Morgan fingerprint density at radius 1 is 1.26 bits per heavy atom. The molecule has 1 aliphatic carbocycles. The molecular weight excluding hydrogens is 236 g/mol. The van der Waals surface area contributed by atoms with Crippen molar-refractivity contribution in [3.05, 3.63) is 35.4 Å². The summed E-state index contributed by atoms with van der Waals surface area (Å²) in [5, 5.41) is 3.51. The number of hydrogen-bond donors (Lipinski definition) is 1. The van der Waals surface area contributed by atoms with Gasteiger partial charge < -0.3 is 10.1 Å². The minimum Gasteiger partial charge on any atom is -0.377 e. The van der Waals surface area contributed by atoms with Crippen molar-refractivity contribution in [2.75, 3.05) is 20.7 Å². The summed E-state index contributed by atoms with van der Waals surface area (Å²) in [6.07, 6.45) is 2.65. The van der Waals surface area contributed by atoms with Crippen LogP contribution in [-0.2, 0) is 11.2 Å². The van der Waals surface area contributed by atoms with Gasteiger partial charge in [-0.1, -0.05) is 24.3 Å². The van der Waals surface area contributed by atoms with E-state index in [4.69, 9.17) is 4.74 Å². The number of benzene rings is 1. The van der Waals surface area contributed by atoms with Gasteiger partial charge in [-0.05, 0) is 45.0 Å². The average molecular weight is 260 g/mol. The van der Waals surface area contributed by atoms with Crippen molar-refractivity contribution >= 4 is 0 Å². The number of nitrogens with zero attached hydrogens (tertiary/aromatic N) is 1. The Morgan fingerprint density at radius 2 is 2.05 bits per heavy atom. The van der Waals surface area contributed by atoms with Crippen LogP contribution in [0.25, 0.3) is 0 Å². The summed E-state index contributed by atoms with van der Waals surface area (Å²) >= 11 is 0. The van der Waals surface area contributed by atoms with E-state index >= 15 is 0 Å². The average Bonchev–Trinajstić information content (AvgIpc) is 3.01. The second-order valence-electron chi connectivity index (χ2n) is 5.83. The summed E-state index contributed by atoms with van der Waals surface area (Å²) in [5.41, 5.74) is 2.96. The molecule has 0 spiro atoms. The summed E-state index contributed by atoms with van der Waals surface area (Å²) in [6, 6.07) is 10.4. The van der Waals surface area contributed by atoms with Gasteiger partial charge in [-0.15, -0.1) is 0 Å². The molecule has 104 valence electrons. The summed E-state index contributed by atoms with van der Waals surface area (Å²) in [7, 11) is 4.33. The molecule has 1 saturated heterocycles. The van der Waals surface area contributed by atoms with Crippen LogP contribution in [0.2, 0.25) is 0 Å². The molecule has 1 fully saturated rings. The van der Waals surface area contributed by atoms with Crippen molar-refractivity contribution in [3.8, 4) is 0 Å². The first-order chi connectivity index (χ1) is 9.22. The molecule has 3 rings (SSSR count). The van der Waals surface area contributed by atoms with E-state index in [0.717, 1.165) is 19.4 Å². The third-order valence-electron chi connectivity index (χ3n) is 4.90. The molecule has 0 saturated carbocycles. The second kappa shape index (κ2) is 5.23. The van der Waals surface area contributed by atoms with Crippen LogP contribution in [-0.4, -0.2) is 43.8 Å². The zero-order chi connectivity index (χ0) is 13.4. The Balaban J connectivity index is 1.82. The molecule has 1 heterocycles. The van der Waals surface area contributed by atoms with E-state index in [1.807, 2.05) is 0 Å². The van der Waals surface area contributed by atoms with Crippen LogP contribution in [0.1, 0.15) is 30.5 Å². The minimum atomic E-state index is 0.353. The van der Waals surface area contributed by atoms with E-state index in [1.54, 1.807) is 0 Å². The smallest absolute Gasteiger partial charge is 0.0703 e. The quantitative estimate of drug-likeness (QED) is 0.899.